The molecule has 0 bridgehead atoms. The molecule has 1 aromatic carbocycles. The van der Waals surface area contributed by atoms with Crippen LogP contribution < -0.4 is 5.32 Å². The lowest BCUT2D eigenvalue weighted by atomic mass is 10.2. The van der Waals surface area contributed by atoms with Gasteiger partial charge in [-0.05, 0) is 18.2 Å². The van der Waals surface area contributed by atoms with Crippen molar-refractivity contribution in [1.82, 2.24) is 14.5 Å². The number of thiazole rings is 1. The molecule has 0 radical (unpaired) electrons. The number of fused-ring (bicyclic) bond motifs is 1. The maximum absolute atomic E-state index is 12.0. The van der Waals surface area contributed by atoms with Crippen LogP contribution in [-0.2, 0) is 7.05 Å². The van der Waals surface area contributed by atoms with Crippen molar-refractivity contribution in [3.63, 3.8) is 0 Å². The number of carboxylic acid groups (broad SMARTS) is 1. The number of nitrogens with zero attached hydrogens (tertiary/aromatic N) is 3. The zero-order valence-electron chi connectivity index (χ0n) is 10.9. The maximum Gasteiger partial charge on any atom is 0.335 e. The molecule has 0 aliphatic carbocycles. The molecule has 7 nitrogen and oxygen atoms in total. The van der Waals surface area contributed by atoms with E-state index in [1.807, 2.05) is 0 Å². The lowest BCUT2D eigenvalue weighted by Gasteiger charge is -2.01. The van der Waals surface area contributed by atoms with E-state index in [1.54, 1.807) is 17.7 Å². The zero-order chi connectivity index (χ0) is 15.0. The molecule has 0 aliphatic rings. The number of hydrogen-bond acceptors (Lipinski definition) is 5. The fraction of sp³-hybridized carbons (Fsp3) is 0.0769. The van der Waals surface area contributed by atoms with E-state index in [0.717, 1.165) is 0 Å². The number of amides is 1. The van der Waals surface area contributed by atoms with Crippen molar-refractivity contribution in [2.45, 2.75) is 0 Å². The van der Waals surface area contributed by atoms with Crippen LogP contribution in [0.5, 0.6) is 0 Å². The highest BCUT2D eigenvalue weighted by Gasteiger charge is 2.13. The van der Waals surface area contributed by atoms with Gasteiger partial charge in [0, 0.05) is 7.05 Å². The van der Waals surface area contributed by atoms with Crippen molar-refractivity contribution in [2.75, 3.05) is 5.32 Å². The van der Waals surface area contributed by atoms with Gasteiger partial charge in [-0.2, -0.15) is 0 Å². The molecular weight excluding hydrogens is 292 g/mol. The van der Waals surface area contributed by atoms with Crippen LogP contribution >= 0.6 is 11.3 Å². The van der Waals surface area contributed by atoms with Crippen LogP contribution in [0.25, 0.3) is 10.2 Å². The van der Waals surface area contributed by atoms with Gasteiger partial charge in [-0.1, -0.05) is 11.3 Å². The van der Waals surface area contributed by atoms with E-state index in [4.69, 9.17) is 5.11 Å². The number of benzene rings is 1. The van der Waals surface area contributed by atoms with E-state index in [0.29, 0.717) is 21.0 Å². The van der Waals surface area contributed by atoms with E-state index < -0.39 is 5.97 Å². The van der Waals surface area contributed by atoms with Crippen molar-refractivity contribution >= 4 is 38.6 Å². The second kappa shape index (κ2) is 4.98. The summed E-state index contributed by atoms with van der Waals surface area (Å²) in [6.07, 6.45) is 3.00. The van der Waals surface area contributed by atoms with Gasteiger partial charge < -0.3 is 9.67 Å². The Kier molecular flexibility index (Phi) is 3.15. The third-order valence-electron chi connectivity index (χ3n) is 2.91. The van der Waals surface area contributed by atoms with Gasteiger partial charge in [0.2, 0.25) is 0 Å². The Bertz CT molecular complexity index is 852. The number of aromatic carboxylic acids is 1. The summed E-state index contributed by atoms with van der Waals surface area (Å²) in [4.78, 5) is 31.1. The molecule has 2 aromatic heterocycles. The summed E-state index contributed by atoms with van der Waals surface area (Å²) < 4.78 is 2.31. The molecule has 0 saturated heterocycles. The molecule has 2 heterocycles. The van der Waals surface area contributed by atoms with Gasteiger partial charge in [-0.15, -0.1) is 0 Å². The second-order valence-electron chi connectivity index (χ2n) is 4.35. The van der Waals surface area contributed by atoms with E-state index in [-0.39, 0.29) is 11.5 Å². The van der Waals surface area contributed by atoms with Crippen LogP contribution in [0.2, 0.25) is 0 Å². The predicted molar refractivity (Wildman–Crippen MR) is 77.7 cm³/mol. The van der Waals surface area contributed by atoms with Gasteiger partial charge in [0.05, 0.1) is 28.3 Å². The molecule has 0 unspecified atom stereocenters. The fourth-order valence-electron chi connectivity index (χ4n) is 1.85. The van der Waals surface area contributed by atoms with E-state index in [2.05, 4.69) is 15.3 Å². The first kappa shape index (κ1) is 13.3. The Hall–Kier alpha value is -2.74. The summed E-state index contributed by atoms with van der Waals surface area (Å²) in [5.41, 5.74) is 1.25. The minimum atomic E-state index is -0.995. The van der Waals surface area contributed by atoms with Gasteiger partial charge in [0.25, 0.3) is 5.91 Å². The predicted octanol–water partition coefficient (Wildman–Crippen LogP) is 1.98. The Morgan fingerprint density at radius 3 is 2.86 bits per heavy atom. The third kappa shape index (κ3) is 2.48. The number of nitrogens with one attached hydrogen (secondary N) is 1. The molecule has 8 heteroatoms. The summed E-state index contributed by atoms with van der Waals surface area (Å²) in [6, 6.07) is 4.64. The highest BCUT2D eigenvalue weighted by molar-refractivity contribution is 7.22. The molecule has 1 amide bonds. The third-order valence-corrected chi connectivity index (χ3v) is 3.84. The van der Waals surface area contributed by atoms with Crippen LogP contribution in [0.15, 0.2) is 30.7 Å². The molecule has 3 aromatic rings. The van der Waals surface area contributed by atoms with Crippen molar-refractivity contribution in [1.29, 1.82) is 0 Å². The van der Waals surface area contributed by atoms with Crippen LogP contribution in [0, 0.1) is 0 Å². The van der Waals surface area contributed by atoms with Crippen molar-refractivity contribution < 1.29 is 14.7 Å². The second-order valence-corrected chi connectivity index (χ2v) is 5.38. The first-order valence-corrected chi connectivity index (χ1v) is 6.78. The molecule has 0 spiro atoms. The molecule has 0 aliphatic heterocycles. The number of anilines is 1. The number of carbonyl (C=O) groups is 2. The van der Waals surface area contributed by atoms with E-state index in [1.165, 1.54) is 36.0 Å². The van der Waals surface area contributed by atoms with E-state index >= 15 is 0 Å². The zero-order valence-corrected chi connectivity index (χ0v) is 11.7. The minimum Gasteiger partial charge on any atom is -0.478 e. The number of hydrogen-bond donors (Lipinski definition) is 2. The molecule has 106 valence electrons. The van der Waals surface area contributed by atoms with Crippen LogP contribution in [0.1, 0.15) is 20.8 Å². The quantitative estimate of drug-likeness (QED) is 0.771. The number of aromatic nitrogens is 3. The van der Waals surface area contributed by atoms with Gasteiger partial charge in [-0.25, -0.2) is 14.8 Å². The van der Waals surface area contributed by atoms with Crippen molar-refractivity contribution in [3.05, 3.63) is 42.0 Å². The maximum atomic E-state index is 12.0. The largest absolute Gasteiger partial charge is 0.478 e. The highest BCUT2D eigenvalue weighted by Crippen LogP contribution is 2.27. The van der Waals surface area contributed by atoms with Gasteiger partial charge in [0.15, 0.2) is 5.13 Å². The van der Waals surface area contributed by atoms with Gasteiger partial charge in [-0.3, -0.25) is 10.1 Å². The lowest BCUT2D eigenvalue weighted by Crippen LogP contribution is -2.15. The number of carbonyl (C=O) groups excluding carboxylic acids is 1. The summed E-state index contributed by atoms with van der Waals surface area (Å²) in [5.74, 6) is -1.31. The first-order valence-electron chi connectivity index (χ1n) is 5.96. The number of rotatable bonds is 3. The Balaban J connectivity index is 1.89. The Labute approximate surface area is 122 Å². The number of aryl methyl sites for hydroxylation is 1. The van der Waals surface area contributed by atoms with Crippen LogP contribution in [-0.4, -0.2) is 31.5 Å². The van der Waals surface area contributed by atoms with Crippen LogP contribution in [0.4, 0.5) is 5.13 Å². The number of imidazole rings is 1. The summed E-state index contributed by atoms with van der Waals surface area (Å²) in [7, 11) is 1.72. The molecule has 0 saturated carbocycles. The average Bonchev–Trinajstić information content (AvgIpc) is 3.02. The molecule has 0 fully saturated rings. The topological polar surface area (TPSA) is 97.1 Å². The minimum absolute atomic E-state index is 0.190. The molecule has 0 atom stereocenters. The van der Waals surface area contributed by atoms with Crippen LogP contribution in [0.3, 0.4) is 0 Å². The first-order chi connectivity index (χ1) is 10.0. The van der Waals surface area contributed by atoms with Gasteiger partial charge in [0.1, 0.15) is 5.69 Å². The van der Waals surface area contributed by atoms with E-state index in [9.17, 15) is 9.59 Å². The Morgan fingerprint density at radius 1 is 1.38 bits per heavy atom. The fourth-order valence-corrected chi connectivity index (χ4v) is 2.75. The molecule has 2 N–H and O–H groups in total. The normalized spacial score (nSPS) is 10.7. The average molecular weight is 302 g/mol. The molecule has 21 heavy (non-hydrogen) atoms. The van der Waals surface area contributed by atoms with Gasteiger partial charge >= 0.3 is 5.97 Å². The standard InChI is InChI=1S/C13H10N4O3S/c1-17-6-14-5-9(17)11(18)16-13-15-8-3-2-7(12(19)20)4-10(8)21-13/h2-6H,1H3,(H,19,20)(H,15,16,18). The molecule has 3 rings (SSSR count). The SMILES string of the molecule is Cn1cncc1C(=O)Nc1nc2ccc(C(=O)O)cc2s1. The van der Waals surface area contributed by atoms with Crippen molar-refractivity contribution in [3.8, 4) is 0 Å². The Morgan fingerprint density at radius 2 is 2.19 bits per heavy atom. The summed E-state index contributed by atoms with van der Waals surface area (Å²) in [6.45, 7) is 0. The molecular formula is C13H10N4O3S. The number of carboxylic acids is 1. The summed E-state index contributed by atoms with van der Waals surface area (Å²) >= 11 is 1.22. The highest BCUT2D eigenvalue weighted by atomic mass is 32.1. The smallest absolute Gasteiger partial charge is 0.335 e. The van der Waals surface area contributed by atoms with Crippen molar-refractivity contribution in [2.24, 2.45) is 7.05 Å². The summed E-state index contributed by atoms with van der Waals surface area (Å²) in [5, 5.41) is 12.1. The monoisotopic (exact) mass is 302 g/mol. The lowest BCUT2D eigenvalue weighted by molar-refractivity contribution is 0.0697.